The quantitative estimate of drug-likeness (QED) is 0.816. The van der Waals surface area contributed by atoms with Crippen LogP contribution in [-0.2, 0) is 4.74 Å². The molecule has 2 rings (SSSR count). The van der Waals surface area contributed by atoms with Gasteiger partial charge >= 0.3 is 0 Å². The molecule has 1 aromatic carbocycles. The number of rotatable bonds is 6. The van der Waals surface area contributed by atoms with E-state index >= 15 is 0 Å². The molecule has 108 valence electrons. The Morgan fingerprint density at radius 1 is 1.50 bits per heavy atom. The van der Waals surface area contributed by atoms with Crippen LogP contribution in [-0.4, -0.2) is 23.4 Å². The SMILES string of the molecule is CCCOCC(N)c1noc(-c2cc(Br)ccc2F)n1. The van der Waals surface area contributed by atoms with Crippen molar-refractivity contribution in [2.45, 2.75) is 19.4 Å². The van der Waals surface area contributed by atoms with E-state index in [1.54, 1.807) is 12.1 Å². The van der Waals surface area contributed by atoms with Gasteiger partial charge in [0.1, 0.15) is 5.82 Å². The van der Waals surface area contributed by atoms with Crippen LogP contribution in [0.1, 0.15) is 25.2 Å². The zero-order chi connectivity index (χ0) is 14.5. The van der Waals surface area contributed by atoms with Gasteiger partial charge in [-0.1, -0.05) is 28.0 Å². The second kappa shape index (κ2) is 6.92. The lowest BCUT2D eigenvalue weighted by Gasteiger charge is -2.06. The summed E-state index contributed by atoms with van der Waals surface area (Å²) in [5.74, 6) is -0.0283. The number of ether oxygens (including phenoxy) is 1. The Morgan fingerprint density at radius 2 is 2.30 bits per heavy atom. The van der Waals surface area contributed by atoms with Gasteiger partial charge in [0.2, 0.25) is 0 Å². The second-order valence-corrected chi connectivity index (χ2v) is 5.18. The fourth-order valence-electron chi connectivity index (χ4n) is 1.59. The van der Waals surface area contributed by atoms with Gasteiger partial charge in [0.05, 0.1) is 18.2 Å². The largest absolute Gasteiger partial charge is 0.379 e. The first-order chi connectivity index (χ1) is 9.61. The molecule has 0 aliphatic carbocycles. The van der Waals surface area contributed by atoms with E-state index < -0.39 is 11.9 Å². The van der Waals surface area contributed by atoms with Gasteiger partial charge in [-0.2, -0.15) is 4.98 Å². The third kappa shape index (κ3) is 3.62. The van der Waals surface area contributed by atoms with Crippen molar-refractivity contribution in [3.05, 3.63) is 34.3 Å². The number of nitrogens with zero attached hydrogens (tertiary/aromatic N) is 2. The molecule has 1 heterocycles. The molecule has 1 atom stereocenters. The number of aromatic nitrogens is 2. The van der Waals surface area contributed by atoms with Gasteiger partial charge in [0, 0.05) is 11.1 Å². The average Bonchev–Trinajstić information content (AvgIpc) is 2.91. The lowest BCUT2D eigenvalue weighted by Crippen LogP contribution is -2.18. The van der Waals surface area contributed by atoms with E-state index in [1.165, 1.54) is 6.07 Å². The first kappa shape index (κ1) is 15.1. The molecule has 7 heteroatoms. The lowest BCUT2D eigenvalue weighted by molar-refractivity contribution is 0.119. The van der Waals surface area contributed by atoms with E-state index in [-0.39, 0.29) is 11.5 Å². The van der Waals surface area contributed by atoms with Crippen molar-refractivity contribution in [3.8, 4) is 11.5 Å². The van der Waals surface area contributed by atoms with Crippen molar-refractivity contribution < 1.29 is 13.7 Å². The molecular weight excluding hydrogens is 329 g/mol. The summed E-state index contributed by atoms with van der Waals surface area (Å²) in [5, 5.41) is 3.77. The van der Waals surface area contributed by atoms with Crippen LogP contribution < -0.4 is 5.73 Å². The highest BCUT2D eigenvalue weighted by Gasteiger charge is 2.18. The highest BCUT2D eigenvalue weighted by Crippen LogP contribution is 2.25. The topological polar surface area (TPSA) is 74.2 Å². The first-order valence-electron chi connectivity index (χ1n) is 6.24. The molecular formula is C13H15BrFN3O2. The third-order valence-electron chi connectivity index (χ3n) is 2.58. The van der Waals surface area contributed by atoms with Crippen LogP contribution in [0.5, 0.6) is 0 Å². The standard InChI is InChI=1S/C13H15BrFN3O2/c1-2-5-19-7-11(16)12-17-13(20-18-12)9-6-8(14)3-4-10(9)15/h3-4,6,11H,2,5,7,16H2,1H3. The summed E-state index contributed by atoms with van der Waals surface area (Å²) in [4.78, 5) is 4.12. The Bertz CT molecular complexity index is 576. The number of hydrogen-bond acceptors (Lipinski definition) is 5. The normalized spacial score (nSPS) is 12.6. The molecule has 0 spiro atoms. The van der Waals surface area contributed by atoms with Crippen molar-refractivity contribution in [1.29, 1.82) is 0 Å². The average molecular weight is 344 g/mol. The van der Waals surface area contributed by atoms with Crippen molar-refractivity contribution in [3.63, 3.8) is 0 Å². The molecule has 0 fully saturated rings. The van der Waals surface area contributed by atoms with E-state index in [2.05, 4.69) is 26.1 Å². The van der Waals surface area contributed by atoms with Crippen LogP contribution in [0.3, 0.4) is 0 Å². The molecule has 20 heavy (non-hydrogen) atoms. The van der Waals surface area contributed by atoms with Crippen molar-refractivity contribution in [1.82, 2.24) is 10.1 Å². The molecule has 0 saturated carbocycles. The van der Waals surface area contributed by atoms with Crippen LogP contribution in [0.2, 0.25) is 0 Å². The minimum atomic E-state index is -0.491. The Balaban J connectivity index is 2.14. The van der Waals surface area contributed by atoms with Crippen molar-refractivity contribution in [2.75, 3.05) is 13.2 Å². The molecule has 0 aliphatic rings. The summed E-state index contributed by atoms with van der Waals surface area (Å²) in [5.41, 5.74) is 6.12. The van der Waals surface area contributed by atoms with Gasteiger partial charge in [-0.3, -0.25) is 0 Å². The molecule has 1 unspecified atom stereocenters. The van der Waals surface area contributed by atoms with Gasteiger partial charge < -0.3 is 15.0 Å². The minimum absolute atomic E-state index is 0.102. The lowest BCUT2D eigenvalue weighted by atomic mass is 10.2. The summed E-state index contributed by atoms with van der Waals surface area (Å²) in [6.45, 7) is 2.93. The number of benzene rings is 1. The Kier molecular flexibility index (Phi) is 5.22. The highest BCUT2D eigenvalue weighted by atomic mass is 79.9. The predicted octanol–water partition coefficient (Wildman–Crippen LogP) is 3.06. The smallest absolute Gasteiger partial charge is 0.260 e. The Morgan fingerprint density at radius 3 is 3.05 bits per heavy atom. The predicted molar refractivity (Wildman–Crippen MR) is 75.4 cm³/mol. The number of hydrogen-bond donors (Lipinski definition) is 1. The Labute approximate surface area is 124 Å². The van der Waals surface area contributed by atoms with E-state index in [0.717, 1.165) is 10.9 Å². The third-order valence-corrected chi connectivity index (χ3v) is 3.07. The molecule has 0 amide bonds. The molecule has 5 nitrogen and oxygen atoms in total. The van der Waals surface area contributed by atoms with Crippen LogP contribution in [0.15, 0.2) is 27.2 Å². The first-order valence-corrected chi connectivity index (χ1v) is 7.03. The molecule has 2 N–H and O–H groups in total. The fraction of sp³-hybridized carbons (Fsp3) is 0.385. The summed E-state index contributed by atoms with van der Waals surface area (Å²) in [6.07, 6.45) is 0.910. The molecule has 2 aromatic rings. The van der Waals surface area contributed by atoms with Crippen LogP contribution in [0.4, 0.5) is 4.39 Å². The van der Waals surface area contributed by atoms with E-state index in [0.29, 0.717) is 19.0 Å². The molecule has 0 saturated heterocycles. The number of nitrogens with two attached hydrogens (primary N) is 1. The minimum Gasteiger partial charge on any atom is -0.379 e. The van der Waals surface area contributed by atoms with Crippen molar-refractivity contribution >= 4 is 15.9 Å². The monoisotopic (exact) mass is 343 g/mol. The van der Waals surface area contributed by atoms with E-state index in [9.17, 15) is 4.39 Å². The second-order valence-electron chi connectivity index (χ2n) is 4.26. The van der Waals surface area contributed by atoms with Crippen LogP contribution in [0, 0.1) is 5.82 Å². The van der Waals surface area contributed by atoms with Gasteiger partial charge in [0.25, 0.3) is 5.89 Å². The molecule has 0 radical (unpaired) electrons. The van der Waals surface area contributed by atoms with Gasteiger partial charge in [-0.05, 0) is 24.6 Å². The zero-order valence-corrected chi connectivity index (χ0v) is 12.6. The maximum Gasteiger partial charge on any atom is 0.260 e. The summed E-state index contributed by atoms with van der Waals surface area (Å²) in [7, 11) is 0. The van der Waals surface area contributed by atoms with Gasteiger partial charge in [-0.15, -0.1) is 0 Å². The molecule has 1 aromatic heterocycles. The maximum absolute atomic E-state index is 13.7. The van der Waals surface area contributed by atoms with E-state index in [1.807, 2.05) is 6.92 Å². The zero-order valence-electron chi connectivity index (χ0n) is 11.0. The van der Waals surface area contributed by atoms with E-state index in [4.69, 9.17) is 15.0 Å². The maximum atomic E-state index is 13.7. The van der Waals surface area contributed by atoms with Gasteiger partial charge in [-0.25, -0.2) is 4.39 Å². The molecule has 0 aliphatic heterocycles. The summed E-state index contributed by atoms with van der Waals surface area (Å²) < 4.78 is 24.8. The fourth-order valence-corrected chi connectivity index (χ4v) is 1.95. The van der Waals surface area contributed by atoms with Crippen LogP contribution >= 0.6 is 15.9 Å². The highest BCUT2D eigenvalue weighted by molar-refractivity contribution is 9.10. The van der Waals surface area contributed by atoms with Crippen LogP contribution in [0.25, 0.3) is 11.5 Å². The Hall–Kier alpha value is -1.31. The van der Waals surface area contributed by atoms with Gasteiger partial charge in [0.15, 0.2) is 5.82 Å². The number of halogens is 2. The van der Waals surface area contributed by atoms with Crippen molar-refractivity contribution in [2.24, 2.45) is 5.73 Å². The summed E-state index contributed by atoms with van der Waals surface area (Å²) >= 11 is 3.27. The molecule has 0 bridgehead atoms. The summed E-state index contributed by atoms with van der Waals surface area (Å²) in [6, 6.07) is 4.01.